The second-order valence-corrected chi connectivity index (χ2v) is 5.08. The zero-order valence-electron chi connectivity index (χ0n) is 10.9. The van der Waals surface area contributed by atoms with Crippen LogP contribution in [0.3, 0.4) is 0 Å². The van der Waals surface area contributed by atoms with Gasteiger partial charge in [-0.1, -0.05) is 0 Å². The second kappa shape index (κ2) is 7.31. The highest BCUT2D eigenvalue weighted by Gasteiger charge is 2.32. The van der Waals surface area contributed by atoms with Crippen molar-refractivity contribution in [3.05, 3.63) is 0 Å². The Labute approximate surface area is 106 Å². The summed E-state index contributed by atoms with van der Waals surface area (Å²) < 4.78 is 41.2. The molecule has 1 fully saturated rings. The minimum atomic E-state index is -4.04. The van der Waals surface area contributed by atoms with E-state index in [1.807, 2.05) is 0 Å². The van der Waals surface area contributed by atoms with E-state index in [0.29, 0.717) is 13.2 Å². The maximum absolute atomic E-state index is 12.0. The van der Waals surface area contributed by atoms with Gasteiger partial charge in [0, 0.05) is 25.5 Å². The van der Waals surface area contributed by atoms with Crippen molar-refractivity contribution in [2.24, 2.45) is 5.41 Å². The number of hydrogen-bond acceptors (Lipinski definition) is 3. The largest absolute Gasteiger partial charge is 0.389 e. The Hall–Kier alpha value is -0.330. The first-order valence-corrected chi connectivity index (χ1v) is 6.45. The van der Waals surface area contributed by atoms with Crippen molar-refractivity contribution in [1.82, 2.24) is 10.6 Å². The Morgan fingerprint density at radius 3 is 2.50 bits per heavy atom. The monoisotopic (exact) mass is 268 g/mol. The van der Waals surface area contributed by atoms with Gasteiger partial charge in [0.25, 0.3) is 0 Å². The van der Waals surface area contributed by atoms with E-state index < -0.39 is 12.6 Å². The van der Waals surface area contributed by atoms with Crippen molar-refractivity contribution in [3.63, 3.8) is 0 Å². The molecule has 3 nitrogen and oxygen atoms in total. The van der Waals surface area contributed by atoms with Crippen LogP contribution in [0.25, 0.3) is 0 Å². The lowest BCUT2D eigenvalue weighted by Crippen LogP contribution is -2.46. The fraction of sp³-hybridized carbons (Fsp3) is 1.00. The van der Waals surface area contributed by atoms with Crippen molar-refractivity contribution in [1.29, 1.82) is 0 Å². The van der Waals surface area contributed by atoms with E-state index in [4.69, 9.17) is 4.74 Å². The fourth-order valence-corrected chi connectivity index (χ4v) is 2.40. The number of hydrogen-bond donors (Lipinski definition) is 2. The summed E-state index contributed by atoms with van der Waals surface area (Å²) in [6.07, 6.45) is -2.59. The number of halogens is 3. The summed E-state index contributed by atoms with van der Waals surface area (Å²) in [7, 11) is 1.67. The molecule has 0 saturated carbocycles. The standard InChI is InChI=1S/C12H23F3N2O/c1-18-10-11(4-7-16-8-5-11)9-17-6-2-3-12(13,14)15/h16-17H,2-10H2,1H3. The molecule has 1 aliphatic heterocycles. The Kier molecular flexibility index (Phi) is 6.38. The van der Waals surface area contributed by atoms with Gasteiger partial charge >= 0.3 is 6.18 Å². The number of alkyl halides is 3. The molecule has 1 aliphatic rings. The number of methoxy groups -OCH3 is 1. The van der Waals surface area contributed by atoms with Gasteiger partial charge < -0.3 is 15.4 Å². The van der Waals surface area contributed by atoms with Crippen LogP contribution < -0.4 is 10.6 Å². The topological polar surface area (TPSA) is 33.3 Å². The van der Waals surface area contributed by atoms with Crippen LogP contribution in [0.2, 0.25) is 0 Å². The molecule has 1 saturated heterocycles. The van der Waals surface area contributed by atoms with Crippen molar-refractivity contribution in [2.75, 3.05) is 39.9 Å². The van der Waals surface area contributed by atoms with Crippen molar-refractivity contribution in [3.8, 4) is 0 Å². The van der Waals surface area contributed by atoms with Gasteiger partial charge in [-0.25, -0.2) is 0 Å². The molecule has 0 aromatic carbocycles. The van der Waals surface area contributed by atoms with Crippen LogP contribution in [0, 0.1) is 5.41 Å². The van der Waals surface area contributed by atoms with Gasteiger partial charge in [0.2, 0.25) is 0 Å². The highest BCUT2D eigenvalue weighted by Crippen LogP contribution is 2.28. The third-order valence-electron chi connectivity index (χ3n) is 3.43. The maximum Gasteiger partial charge on any atom is 0.389 e. The molecule has 1 heterocycles. The molecular weight excluding hydrogens is 245 g/mol. The van der Waals surface area contributed by atoms with E-state index in [9.17, 15) is 13.2 Å². The summed E-state index contributed by atoms with van der Waals surface area (Å²) in [5.74, 6) is 0. The number of nitrogens with one attached hydrogen (secondary N) is 2. The van der Waals surface area contributed by atoms with Crippen LogP contribution >= 0.6 is 0 Å². The van der Waals surface area contributed by atoms with E-state index in [0.717, 1.165) is 32.5 Å². The highest BCUT2D eigenvalue weighted by molar-refractivity contribution is 4.86. The molecule has 0 spiro atoms. The SMILES string of the molecule is COCC1(CNCCCC(F)(F)F)CCNCC1. The predicted octanol–water partition coefficient (Wildman–Crippen LogP) is 1.93. The van der Waals surface area contributed by atoms with E-state index in [1.54, 1.807) is 7.11 Å². The molecule has 108 valence electrons. The lowest BCUT2D eigenvalue weighted by molar-refractivity contribution is -0.135. The fourth-order valence-electron chi connectivity index (χ4n) is 2.40. The summed E-state index contributed by atoms with van der Waals surface area (Å²) in [5.41, 5.74) is 0.0816. The lowest BCUT2D eigenvalue weighted by Gasteiger charge is -2.37. The normalized spacial score (nSPS) is 20.0. The average molecular weight is 268 g/mol. The number of rotatable bonds is 7. The summed E-state index contributed by atoms with van der Waals surface area (Å²) >= 11 is 0. The molecule has 0 bridgehead atoms. The van der Waals surface area contributed by atoms with Gasteiger partial charge in [0.05, 0.1) is 6.61 Å². The quantitative estimate of drug-likeness (QED) is 0.692. The molecule has 18 heavy (non-hydrogen) atoms. The van der Waals surface area contributed by atoms with Crippen molar-refractivity contribution in [2.45, 2.75) is 31.9 Å². The number of ether oxygens (including phenoxy) is 1. The zero-order chi connectivity index (χ0) is 13.5. The summed E-state index contributed by atoms with van der Waals surface area (Å²) in [5, 5.41) is 6.43. The molecule has 0 unspecified atom stereocenters. The molecule has 0 aromatic rings. The second-order valence-electron chi connectivity index (χ2n) is 5.08. The van der Waals surface area contributed by atoms with Gasteiger partial charge in [-0.15, -0.1) is 0 Å². The Balaban J connectivity index is 2.21. The van der Waals surface area contributed by atoms with Crippen molar-refractivity contribution >= 4 is 0 Å². The van der Waals surface area contributed by atoms with Crippen LogP contribution in [-0.4, -0.2) is 46.1 Å². The minimum absolute atomic E-state index is 0.0816. The maximum atomic E-state index is 12.0. The van der Waals surface area contributed by atoms with Crippen LogP contribution in [-0.2, 0) is 4.74 Å². The zero-order valence-corrected chi connectivity index (χ0v) is 10.9. The molecular formula is C12H23F3N2O. The number of piperidine rings is 1. The van der Waals surface area contributed by atoms with Crippen LogP contribution in [0.1, 0.15) is 25.7 Å². The first-order chi connectivity index (χ1) is 8.47. The summed E-state index contributed by atoms with van der Waals surface area (Å²) in [4.78, 5) is 0. The first kappa shape index (κ1) is 15.7. The molecule has 0 radical (unpaired) electrons. The van der Waals surface area contributed by atoms with E-state index in [-0.39, 0.29) is 11.8 Å². The minimum Gasteiger partial charge on any atom is -0.384 e. The third-order valence-corrected chi connectivity index (χ3v) is 3.43. The third kappa shape index (κ3) is 6.02. The first-order valence-electron chi connectivity index (χ1n) is 6.45. The van der Waals surface area contributed by atoms with Gasteiger partial charge in [0.15, 0.2) is 0 Å². The molecule has 0 atom stereocenters. The highest BCUT2D eigenvalue weighted by atomic mass is 19.4. The molecule has 0 aliphatic carbocycles. The van der Waals surface area contributed by atoms with Crippen molar-refractivity contribution < 1.29 is 17.9 Å². The van der Waals surface area contributed by atoms with E-state index in [2.05, 4.69) is 10.6 Å². The van der Waals surface area contributed by atoms with Crippen LogP contribution in [0.4, 0.5) is 13.2 Å². The Morgan fingerprint density at radius 2 is 1.94 bits per heavy atom. The molecule has 2 N–H and O–H groups in total. The smallest absolute Gasteiger partial charge is 0.384 e. The Morgan fingerprint density at radius 1 is 1.28 bits per heavy atom. The van der Waals surface area contributed by atoms with Gasteiger partial charge in [-0.3, -0.25) is 0 Å². The molecule has 1 rings (SSSR count). The Bertz CT molecular complexity index is 222. The molecule has 6 heteroatoms. The van der Waals surface area contributed by atoms with Gasteiger partial charge in [-0.2, -0.15) is 13.2 Å². The van der Waals surface area contributed by atoms with Gasteiger partial charge in [0.1, 0.15) is 0 Å². The average Bonchev–Trinajstić information content (AvgIpc) is 2.28. The summed E-state index contributed by atoms with van der Waals surface area (Å²) in [6, 6.07) is 0. The summed E-state index contributed by atoms with van der Waals surface area (Å²) in [6.45, 7) is 3.72. The van der Waals surface area contributed by atoms with Gasteiger partial charge in [-0.05, 0) is 38.9 Å². The molecule has 0 amide bonds. The molecule has 0 aromatic heterocycles. The van der Waals surface area contributed by atoms with Crippen LogP contribution in [0.15, 0.2) is 0 Å². The predicted molar refractivity (Wildman–Crippen MR) is 64.6 cm³/mol. The lowest BCUT2D eigenvalue weighted by atomic mass is 9.79. The van der Waals surface area contributed by atoms with E-state index in [1.165, 1.54) is 0 Å². The van der Waals surface area contributed by atoms with Crippen LogP contribution in [0.5, 0.6) is 0 Å². The van der Waals surface area contributed by atoms with E-state index >= 15 is 0 Å².